The van der Waals surface area contributed by atoms with Crippen LogP contribution in [0.2, 0.25) is 0 Å². The zero-order valence-electron chi connectivity index (χ0n) is 9.91. The van der Waals surface area contributed by atoms with E-state index in [1.807, 2.05) is 35.1 Å². The molecule has 2 unspecified atom stereocenters. The Morgan fingerprint density at radius 2 is 2.39 bits per heavy atom. The molecule has 3 rings (SSSR count). The zero-order valence-corrected chi connectivity index (χ0v) is 9.91. The maximum atomic E-state index is 11.0. The highest BCUT2D eigenvalue weighted by Crippen LogP contribution is 2.30. The molecule has 5 heteroatoms. The second-order valence-corrected chi connectivity index (χ2v) is 4.70. The quantitative estimate of drug-likeness (QED) is 0.835. The number of rotatable bonds is 2. The molecule has 0 amide bonds. The monoisotopic (exact) mass is 245 g/mol. The molecule has 18 heavy (non-hydrogen) atoms. The number of carbonyl (C=O) groups is 1. The molecular weight excluding hydrogens is 230 g/mol. The predicted octanol–water partition coefficient (Wildman–Crippen LogP) is 1.25. The van der Waals surface area contributed by atoms with Crippen LogP contribution in [0.1, 0.15) is 24.3 Å². The van der Waals surface area contributed by atoms with Crippen LogP contribution in [0.25, 0.3) is 5.52 Å². The van der Waals surface area contributed by atoms with Gasteiger partial charge in [-0.2, -0.15) is 5.10 Å². The number of carboxylic acids is 1. The third kappa shape index (κ3) is 1.86. The predicted molar refractivity (Wildman–Crippen MR) is 66.6 cm³/mol. The van der Waals surface area contributed by atoms with Gasteiger partial charge in [-0.15, -0.1) is 0 Å². The Morgan fingerprint density at radius 3 is 3.22 bits per heavy atom. The van der Waals surface area contributed by atoms with Crippen LogP contribution in [0.5, 0.6) is 0 Å². The molecule has 0 spiro atoms. The summed E-state index contributed by atoms with van der Waals surface area (Å²) < 4.78 is 1.84. The molecule has 2 N–H and O–H groups in total. The highest BCUT2D eigenvalue weighted by atomic mass is 16.4. The van der Waals surface area contributed by atoms with Crippen molar-refractivity contribution >= 4 is 11.5 Å². The summed E-state index contributed by atoms with van der Waals surface area (Å²) in [6, 6.07) is 5.50. The van der Waals surface area contributed by atoms with E-state index in [1.54, 1.807) is 0 Å². The molecule has 0 aromatic carbocycles. The number of nitrogens with zero attached hydrogens (tertiary/aromatic N) is 2. The number of aromatic nitrogens is 2. The number of pyridine rings is 1. The first kappa shape index (κ1) is 11.2. The first-order valence-corrected chi connectivity index (χ1v) is 6.14. The average Bonchev–Trinajstić information content (AvgIpc) is 2.82. The largest absolute Gasteiger partial charge is 0.480 e. The fourth-order valence-electron chi connectivity index (χ4n) is 2.66. The van der Waals surface area contributed by atoms with E-state index < -0.39 is 12.0 Å². The average molecular weight is 245 g/mol. The topological polar surface area (TPSA) is 66.6 Å². The summed E-state index contributed by atoms with van der Waals surface area (Å²) in [7, 11) is 0. The fourth-order valence-corrected chi connectivity index (χ4v) is 2.66. The van der Waals surface area contributed by atoms with Crippen molar-refractivity contribution in [3.63, 3.8) is 0 Å². The third-order valence-corrected chi connectivity index (χ3v) is 3.60. The minimum absolute atomic E-state index is 0.271. The Bertz CT molecular complexity index is 578. The van der Waals surface area contributed by atoms with Crippen molar-refractivity contribution in [3.8, 4) is 0 Å². The summed E-state index contributed by atoms with van der Waals surface area (Å²) in [6.45, 7) is 0.742. The van der Waals surface area contributed by atoms with Crippen molar-refractivity contribution < 1.29 is 9.90 Å². The maximum Gasteiger partial charge on any atom is 0.320 e. The standard InChI is InChI=1S/C13H15N3O2/c17-13(18)11-7-9(4-5-14-11)10-8-15-16-6-2-1-3-12(10)16/h1-3,6,8-9,11,14H,4-5,7H2,(H,17,18). The molecule has 0 aliphatic carbocycles. The van der Waals surface area contributed by atoms with E-state index in [2.05, 4.69) is 10.4 Å². The van der Waals surface area contributed by atoms with Crippen LogP contribution in [0, 0.1) is 0 Å². The summed E-state index contributed by atoms with van der Waals surface area (Å²) in [5.41, 5.74) is 2.23. The van der Waals surface area contributed by atoms with Gasteiger partial charge in [0.25, 0.3) is 0 Å². The lowest BCUT2D eigenvalue weighted by molar-refractivity contribution is -0.140. The molecule has 0 bridgehead atoms. The highest BCUT2D eigenvalue weighted by Gasteiger charge is 2.28. The normalized spacial score (nSPS) is 24.2. The minimum Gasteiger partial charge on any atom is -0.480 e. The van der Waals surface area contributed by atoms with Gasteiger partial charge in [0.2, 0.25) is 0 Å². The molecule has 1 aliphatic rings. The smallest absolute Gasteiger partial charge is 0.320 e. The van der Waals surface area contributed by atoms with Gasteiger partial charge in [-0.3, -0.25) is 4.79 Å². The van der Waals surface area contributed by atoms with Gasteiger partial charge in [0, 0.05) is 11.8 Å². The first-order valence-electron chi connectivity index (χ1n) is 6.14. The highest BCUT2D eigenvalue weighted by molar-refractivity contribution is 5.74. The van der Waals surface area contributed by atoms with E-state index in [0.29, 0.717) is 6.42 Å². The SMILES string of the molecule is O=C(O)C1CC(c2cnn3ccccc23)CCN1. The van der Waals surface area contributed by atoms with E-state index in [9.17, 15) is 4.79 Å². The van der Waals surface area contributed by atoms with Crippen LogP contribution < -0.4 is 5.32 Å². The molecule has 94 valence electrons. The number of piperidine rings is 1. The van der Waals surface area contributed by atoms with Gasteiger partial charge in [-0.1, -0.05) is 6.07 Å². The Labute approximate surface area is 104 Å². The van der Waals surface area contributed by atoms with Crippen LogP contribution in [0.4, 0.5) is 0 Å². The van der Waals surface area contributed by atoms with Gasteiger partial charge in [0.1, 0.15) is 6.04 Å². The van der Waals surface area contributed by atoms with Crippen LogP contribution in [0.3, 0.4) is 0 Å². The van der Waals surface area contributed by atoms with Crippen molar-refractivity contribution in [3.05, 3.63) is 36.2 Å². The van der Waals surface area contributed by atoms with E-state index in [1.165, 1.54) is 0 Å². The van der Waals surface area contributed by atoms with Crippen molar-refractivity contribution in [1.29, 1.82) is 0 Å². The number of carboxylic acid groups (broad SMARTS) is 1. The van der Waals surface area contributed by atoms with Crippen molar-refractivity contribution in [2.75, 3.05) is 6.54 Å². The Balaban J connectivity index is 1.92. The number of fused-ring (bicyclic) bond motifs is 1. The van der Waals surface area contributed by atoms with E-state index in [4.69, 9.17) is 5.11 Å². The lowest BCUT2D eigenvalue weighted by Gasteiger charge is -2.27. The molecule has 1 aliphatic heterocycles. The van der Waals surface area contributed by atoms with Crippen molar-refractivity contribution in [2.45, 2.75) is 24.8 Å². The van der Waals surface area contributed by atoms with E-state index in [0.717, 1.165) is 24.0 Å². The van der Waals surface area contributed by atoms with Crippen LogP contribution >= 0.6 is 0 Å². The third-order valence-electron chi connectivity index (χ3n) is 3.60. The number of hydrogen-bond donors (Lipinski definition) is 2. The summed E-state index contributed by atoms with van der Waals surface area (Å²) in [5.74, 6) is -0.497. The van der Waals surface area contributed by atoms with Gasteiger partial charge in [-0.25, -0.2) is 4.52 Å². The number of nitrogens with one attached hydrogen (secondary N) is 1. The van der Waals surface area contributed by atoms with Gasteiger partial charge in [0.15, 0.2) is 0 Å². The van der Waals surface area contributed by atoms with Crippen molar-refractivity contribution in [1.82, 2.24) is 14.9 Å². The van der Waals surface area contributed by atoms with Crippen LogP contribution in [-0.4, -0.2) is 33.3 Å². The second kappa shape index (κ2) is 4.42. The number of hydrogen-bond acceptors (Lipinski definition) is 3. The second-order valence-electron chi connectivity index (χ2n) is 4.70. The molecule has 2 aromatic heterocycles. The molecular formula is C13H15N3O2. The Morgan fingerprint density at radius 1 is 1.50 bits per heavy atom. The number of aliphatic carboxylic acids is 1. The maximum absolute atomic E-state index is 11.0. The molecule has 1 saturated heterocycles. The van der Waals surface area contributed by atoms with Crippen molar-refractivity contribution in [2.24, 2.45) is 0 Å². The molecule has 0 radical (unpaired) electrons. The van der Waals surface area contributed by atoms with Crippen LogP contribution in [0.15, 0.2) is 30.6 Å². The Kier molecular flexibility index (Phi) is 2.76. The first-order chi connectivity index (χ1) is 8.75. The van der Waals surface area contributed by atoms with Gasteiger partial charge in [0.05, 0.1) is 11.7 Å². The summed E-state index contributed by atoms with van der Waals surface area (Å²) >= 11 is 0. The lowest BCUT2D eigenvalue weighted by Crippen LogP contribution is -2.42. The zero-order chi connectivity index (χ0) is 12.5. The summed E-state index contributed by atoms with van der Waals surface area (Å²) in [5, 5.41) is 16.4. The van der Waals surface area contributed by atoms with Gasteiger partial charge in [-0.05, 0) is 37.4 Å². The van der Waals surface area contributed by atoms with Gasteiger partial charge < -0.3 is 10.4 Å². The summed E-state index contributed by atoms with van der Waals surface area (Å²) in [4.78, 5) is 11.0. The molecule has 2 atom stereocenters. The molecule has 3 heterocycles. The summed E-state index contributed by atoms with van der Waals surface area (Å²) in [6.07, 6.45) is 5.37. The van der Waals surface area contributed by atoms with Gasteiger partial charge >= 0.3 is 5.97 Å². The van der Waals surface area contributed by atoms with E-state index >= 15 is 0 Å². The minimum atomic E-state index is -0.767. The molecule has 0 saturated carbocycles. The molecule has 2 aromatic rings. The fraction of sp³-hybridized carbons (Fsp3) is 0.385. The molecule has 1 fully saturated rings. The van der Waals surface area contributed by atoms with Crippen LogP contribution in [-0.2, 0) is 4.79 Å². The molecule has 5 nitrogen and oxygen atoms in total. The van der Waals surface area contributed by atoms with E-state index in [-0.39, 0.29) is 5.92 Å². The Hall–Kier alpha value is -1.88. The lowest BCUT2D eigenvalue weighted by atomic mass is 9.87.